The van der Waals surface area contributed by atoms with Crippen molar-refractivity contribution in [3.05, 3.63) is 28.2 Å². The fourth-order valence-corrected chi connectivity index (χ4v) is 2.53. The molecule has 1 fully saturated rings. The van der Waals surface area contributed by atoms with Gasteiger partial charge in [0.2, 0.25) is 0 Å². The normalized spacial score (nSPS) is 20.4. The number of benzene rings is 1. The SMILES string of the molecule is CC(C)N1CCOC(CNc2cc(F)c(Br)cc2F)C1. The molecule has 0 bridgehead atoms. The summed E-state index contributed by atoms with van der Waals surface area (Å²) in [6, 6.07) is 2.74. The Hall–Kier alpha value is -0.720. The molecule has 1 aliphatic heterocycles. The van der Waals surface area contributed by atoms with Gasteiger partial charge in [0.05, 0.1) is 22.9 Å². The highest BCUT2D eigenvalue weighted by molar-refractivity contribution is 9.10. The van der Waals surface area contributed by atoms with Crippen LogP contribution in [0.3, 0.4) is 0 Å². The fourth-order valence-electron chi connectivity index (χ4n) is 2.22. The maximum atomic E-state index is 13.7. The van der Waals surface area contributed by atoms with Gasteiger partial charge in [-0.2, -0.15) is 0 Å². The summed E-state index contributed by atoms with van der Waals surface area (Å²) in [5.74, 6) is -0.961. The molecule has 1 aliphatic rings. The quantitative estimate of drug-likeness (QED) is 0.845. The second-order valence-electron chi connectivity index (χ2n) is 5.21. The van der Waals surface area contributed by atoms with Crippen LogP contribution in [-0.4, -0.2) is 43.3 Å². The van der Waals surface area contributed by atoms with E-state index in [2.05, 4.69) is 40.0 Å². The predicted molar refractivity (Wildman–Crippen MR) is 79.0 cm³/mol. The van der Waals surface area contributed by atoms with Gasteiger partial charge in [0, 0.05) is 31.7 Å². The summed E-state index contributed by atoms with van der Waals surface area (Å²) in [5, 5.41) is 2.92. The van der Waals surface area contributed by atoms with Gasteiger partial charge in [-0.3, -0.25) is 4.90 Å². The summed E-state index contributed by atoms with van der Waals surface area (Å²) >= 11 is 2.96. The molecule has 2 rings (SSSR count). The summed E-state index contributed by atoms with van der Waals surface area (Å²) in [4.78, 5) is 2.31. The van der Waals surface area contributed by atoms with Crippen molar-refractivity contribution in [3.63, 3.8) is 0 Å². The number of morpholine rings is 1. The lowest BCUT2D eigenvalue weighted by Crippen LogP contribution is -2.48. The predicted octanol–water partition coefficient (Wildman–Crippen LogP) is 3.25. The van der Waals surface area contributed by atoms with E-state index in [0.717, 1.165) is 25.2 Å². The monoisotopic (exact) mass is 348 g/mol. The van der Waals surface area contributed by atoms with E-state index in [1.807, 2.05) is 0 Å². The van der Waals surface area contributed by atoms with Crippen molar-refractivity contribution in [2.75, 3.05) is 31.6 Å². The Kier molecular flexibility index (Phi) is 5.35. The fraction of sp³-hybridized carbons (Fsp3) is 0.571. The molecule has 1 unspecified atom stereocenters. The van der Waals surface area contributed by atoms with E-state index in [-0.39, 0.29) is 16.3 Å². The second kappa shape index (κ2) is 6.83. The average Bonchev–Trinajstić information content (AvgIpc) is 2.41. The molecule has 0 spiro atoms. The Morgan fingerprint density at radius 3 is 2.85 bits per heavy atom. The molecular formula is C14H19BrF2N2O. The lowest BCUT2D eigenvalue weighted by atomic mass is 10.2. The topological polar surface area (TPSA) is 24.5 Å². The van der Waals surface area contributed by atoms with Crippen molar-refractivity contribution < 1.29 is 13.5 Å². The Morgan fingerprint density at radius 2 is 2.15 bits per heavy atom. The first kappa shape index (κ1) is 15.7. The van der Waals surface area contributed by atoms with Crippen LogP contribution in [0.1, 0.15) is 13.8 Å². The lowest BCUT2D eigenvalue weighted by molar-refractivity contribution is -0.0315. The van der Waals surface area contributed by atoms with Gasteiger partial charge in [0.15, 0.2) is 0 Å². The zero-order chi connectivity index (χ0) is 14.7. The molecule has 1 aromatic rings. The molecule has 1 heterocycles. The molecule has 6 heteroatoms. The standard InChI is InChI=1S/C14H19BrF2N2O/c1-9(2)19-3-4-20-10(8-19)7-18-14-6-12(16)11(15)5-13(14)17/h5-6,9-10,18H,3-4,7-8H2,1-2H3. The summed E-state index contributed by atoms with van der Waals surface area (Å²) in [5.41, 5.74) is 0.163. The molecular weight excluding hydrogens is 330 g/mol. The minimum atomic E-state index is -0.484. The van der Waals surface area contributed by atoms with Crippen LogP contribution in [0.15, 0.2) is 16.6 Å². The van der Waals surface area contributed by atoms with Crippen molar-refractivity contribution in [1.82, 2.24) is 4.90 Å². The third kappa shape index (κ3) is 3.90. The molecule has 0 radical (unpaired) electrons. The number of anilines is 1. The first-order chi connectivity index (χ1) is 9.47. The van der Waals surface area contributed by atoms with Gasteiger partial charge in [-0.25, -0.2) is 8.78 Å². The average molecular weight is 349 g/mol. The number of hydrogen-bond donors (Lipinski definition) is 1. The summed E-state index contributed by atoms with van der Waals surface area (Å²) in [6.45, 7) is 7.11. The molecule has 112 valence electrons. The highest BCUT2D eigenvalue weighted by Gasteiger charge is 2.22. The van der Waals surface area contributed by atoms with E-state index >= 15 is 0 Å². The molecule has 20 heavy (non-hydrogen) atoms. The summed E-state index contributed by atoms with van der Waals surface area (Å²) < 4.78 is 32.8. The Balaban J connectivity index is 1.93. The molecule has 0 aliphatic carbocycles. The van der Waals surface area contributed by atoms with Crippen LogP contribution in [0.25, 0.3) is 0 Å². The number of hydrogen-bond acceptors (Lipinski definition) is 3. The Bertz CT molecular complexity index is 471. The van der Waals surface area contributed by atoms with Gasteiger partial charge in [0.25, 0.3) is 0 Å². The smallest absolute Gasteiger partial charge is 0.147 e. The molecule has 1 N–H and O–H groups in total. The van der Waals surface area contributed by atoms with Gasteiger partial charge in [-0.15, -0.1) is 0 Å². The van der Waals surface area contributed by atoms with Crippen LogP contribution in [0.5, 0.6) is 0 Å². The number of nitrogens with zero attached hydrogens (tertiary/aromatic N) is 1. The highest BCUT2D eigenvalue weighted by Crippen LogP contribution is 2.23. The van der Waals surface area contributed by atoms with Gasteiger partial charge in [-0.1, -0.05) is 0 Å². The van der Waals surface area contributed by atoms with Crippen molar-refractivity contribution in [2.45, 2.75) is 26.0 Å². The van der Waals surface area contributed by atoms with E-state index in [1.54, 1.807) is 0 Å². The first-order valence-electron chi connectivity index (χ1n) is 6.71. The van der Waals surface area contributed by atoms with Crippen molar-refractivity contribution in [3.8, 4) is 0 Å². The molecule has 3 nitrogen and oxygen atoms in total. The van der Waals surface area contributed by atoms with E-state index < -0.39 is 11.6 Å². The zero-order valence-corrected chi connectivity index (χ0v) is 13.2. The molecule has 1 saturated heterocycles. The molecule has 0 aromatic heterocycles. The summed E-state index contributed by atoms with van der Waals surface area (Å²) in [7, 11) is 0. The Morgan fingerprint density at radius 1 is 1.40 bits per heavy atom. The second-order valence-corrected chi connectivity index (χ2v) is 6.06. The third-order valence-electron chi connectivity index (χ3n) is 3.43. The van der Waals surface area contributed by atoms with Crippen LogP contribution >= 0.6 is 15.9 Å². The van der Waals surface area contributed by atoms with Crippen LogP contribution in [-0.2, 0) is 4.74 Å². The van der Waals surface area contributed by atoms with E-state index in [9.17, 15) is 8.78 Å². The van der Waals surface area contributed by atoms with Crippen molar-refractivity contribution >= 4 is 21.6 Å². The van der Waals surface area contributed by atoms with E-state index in [4.69, 9.17) is 4.74 Å². The maximum absolute atomic E-state index is 13.7. The van der Waals surface area contributed by atoms with Gasteiger partial charge >= 0.3 is 0 Å². The van der Waals surface area contributed by atoms with Crippen molar-refractivity contribution in [1.29, 1.82) is 0 Å². The zero-order valence-electron chi connectivity index (χ0n) is 11.6. The molecule has 0 saturated carbocycles. The molecule has 1 atom stereocenters. The first-order valence-corrected chi connectivity index (χ1v) is 7.50. The van der Waals surface area contributed by atoms with Crippen LogP contribution in [0.4, 0.5) is 14.5 Å². The number of rotatable bonds is 4. The van der Waals surface area contributed by atoms with Gasteiger partial charge in [-0.05, 0) is 35.8 Å². The van der Waals surface area contributed by atoms with E-state index in [0.29, 0.717) is 19.2 Å². The van der Waals surface area contributed by atoms with Crippen LogP contribution in [0, 0.1) is 11.6 Å². The minimum Gasteiger partial charge on any atom is -0.380 e. The summed E-state index contributed by atoms with van der Waals surface area (Å²) in [6.07, 6.45) is -0.0164. The highest BCUT2D eigenvalue weighted by atomic mass is 79.9. The number of ether oxygens (including phenoxy) is 1. The lowest BCUT2D eigenvalue weighted by Gasteiger charge is -2.35. The van der Waals surface area contributed by atoms with Crippen LogP contribution < -0.4 is 5.32 Å². The van der Waals surface area contributed by atoms with Gasteiger partial charge in [0.1, 0.15) is 11.6 Å². The van der Waals surface area contributed by atoms with Crippen LogP contribution in [0.2, 0.25) is 0 Å². The molecule has 0 amide bonds. The third-order valence-corrected chi connectivity index (χ3v) is 4.04. The largest absolute Gasteiger partial charge is 0.380 e. The van der Waals surface area contributed by atoms with E-state index in [1.165, 1.54) is 0 Å². The number of halogens is 3. The minimum absolute atomic E-state index is 0.0164. The van der Waals surface area contributed by atoms with Crippen molar-refractivity contribution in [2.24, 2.45) is 0 Å². The maximum Gasteiger partial charge on any atom is 0.147 e. The molecule has 1 aromatic carbocycles. The Labute approximate surface area is 126 Å². The number of nitrogens with one attached hydrogen (secondary N) is 1. The van der Waals surface area contributed by atoms with Gasteiger partial charge < -0.3 is 10.1 Å².